The summed E-state index contributed by atoms with van der Waals surface area (Å²) in [5.41, 5.74) is -0.930. The maximum atomic E-state index is 13.0. The van der Waals surface area contributed by atoms with Crippen molar-refractivity contribution in [1.29, 1.82) is 5.41 Å². The van der Waals surface area contributed by atoms with Crippen LogP contribution >= 0.6 is 15.9 Å². The molecule has 7 nitrogen and oxygen atoms in total. The summed E-state index contributed by atoms with van der Waals surface area (Å²) in [6, 6.07) is 7.04. The molecule has 23 heavy (non-hydrogen) atoms. The van der Waals surface area contributed by atoms with Gasteiger partial charge in [0, 0.05) is 10.2 Å². The van der Waals surface area contributed by atoms with Crippen molar-refractivity contribution in [2.24, 2.45) is 11.0 Å². The molecule has 1 amide bonds. The maximum absolute atomic E-state index is 13.0. The lowest BCUT2D eigenvalue weighted by atomic mass is 9.83. The Balaban J connectivity index is 2.61. The summed E-state index contributed by atoms with van der Waals surface area (Å²) in [4.78, 5) is 17.9. The molecule has 0 aromatic heterocycles. The highest BCUT2D eigenvalue weighted by Gasteiger charge is 2.59. The molecule has 1 atom stereocenters. The molecular weight excluding hydrogens is 364 g/mol. The number of amides is 1. The number of hydrogen-bond donors (Lipinski definition) is 2. The fraction of sp³-hybridized carbons (Fsp3) is 0.400. The highest BCUT2D eigenvalue weighted by Crippen LogP contribution is 2.34. The number of halogens is 1. The monoisotopic (exact) mass is 382 g/mol. The standard InChI is InChI=1S/C15H19BrN4O3/c1-9(2)13-15(10(3)17,20(22)23-4)14(21)19(18-13)12-7-5-11(16)6-8-12/h5-9,17,22H,1-4H3. The fourth-order valence-corrected chi connectivity index (χ4v) is 2.86. The Morgan fingerprint density at radius 2 is 2.00 bits per heavy atom. The van der Waals surface area contributed by atoms with Gasteiger partial charge in [-0.15, -0.1) is 0 Å². The van der Waals surface area contributed by atoms with Crippen molar-refractivity contribution in [3.8, 4) is 0 Å². The van der Waals surface area contributed by atoms with Crippen LogP contribution in [-0.4, -0.2) is 40.4 Å². The van der Waals surface area contributed by atoms with Crippen molar-refractivity contribution < 1.29 is 14.8 Å². The minimum absolute atomic E-state index is 0.0705. The van der Waals surface area contributed by atoms with Crippen LogP contribution in [-0.2, 0) is 9.63 Å². The predicted octanol–water partition coefficient (Wildman–Crippen LogP) is 2.84. The first-order valence-electron chi connectivity index (χ1n) is 7.04. The molecule has 0 saturated carbocycles. The van der Waals surface area contributed by atoms with E-state index in [-0.39, 0.29) is 11.6 Å². The largest absolute Gasteiger partial charge is 0.307 e. The van der Waals surface area contributed by atoms with E-state index < -0.39 is 11.4 Å². The van der Waals surface area contributed by atoms with E-state index in [9.17, 15) is 10.0 Å². The van der Waals surface area contributed by atoms with Gasteiger partial charge in [0.15, 0.2) is 0 Å². The second-order valence-electron chi connectivity index (χ2n) is 5.52. The Morgan fingerprint density at radius 1 is 1.43 bits per heavy atom. The smallest absolute Gasteiger partial charge is 0.284 e. The first-order valence-corrected chi connectivity index (χ1v) is 7.84. The fourth-order valence-electron chi connectivity index (χ4n) is 2.59. The number of carbonyl (C=O) groups excluding carboxylic acids is 1. The second kappa shape index (κ2) is 6.48. The van der Waals surface area contributed by atoms with E-state index in [1.807, 2.05) is 13.8 Å². The molecule has 1 aliphatic heterocycles. The van der Waals surface area contributed by atoms with Crippen molar-refractivity contribution in [3.63, 3.8) is 0 Å². The Labute approximate surface area is 143 Å². The van der Waals surface area contributed by atoms with Crippen molar-refractivity contribution in [3.05, 3.63) is 28.7 Å². The lowest BCUT2D eigenvalue weighted by Crippen LogP contribution is -2.63. The molecule has 1 aliphatic rings. The van der Waals surface area contributed by atoms with Gasteiger partial charge in [0.2, 0.25) is 5.54 Å². The number of hydrazone groups is 1. The van der Waals surface area contributed by atoms with E-state index in [0.29, 0.717) is 16.6 Å². The van der Waals surface area contributed by atoms with Crippen LogP contribution in [0.5, 0.6) is 0 Å². The molecule has 1 aromatic carbocycles. The average Bonchev–Trinajstić information content (AvgIpc) is 2.82. The molecular formula is C15H19BrN4O3. The third-order valence-corrected chi connectivity index (χ3v) is 4.23. The van der Waals surface area contributed by atoms with E-state index >= 15 is 0 Å². The van der Waals surface area contributed by atoms with E-state index in [1.54, 1.807) is 24.3 Å². The van der Waals surface area contributed by atoms with Gasteiger partial charge in [0.05, 0.1) is 18.5 Å². The molecule has 8 heteroatoms. The summed E-state index contributed by atoms with van der Waals surface area (Å²) in [6.45, 7) is 5.14. The Bertz CT molecular complexity index is 659. The molecule has 124 valence electrons. The SMILES string of the molecule is CON(O)C1(C(C)=N)C(=O)N(c2ccc(Br)cc2)N=C1C(C)C. The first-order chi connectivity index (χ1) is 10.8. The number of nitrogens with one attached hydrogen (secondary N) is 1. The van der Waals surface area contributed by atoms with Crippen LogP contribution in [0.3, 0.4) is 0 Å². The van der Waals surface area contributed by atoms with Crippen molar-refractivity contribution >= 4 is 38.9 Å². The molecule has 1 aromatic rings. The van der Waals surface area contributed by atoms with Gasteiger partial charge >= 0.3 is 0 Å². The lowest BCUT2D eigenvalue weighted by Gasteiger charge is -2.34. The van der Waals surface area contributed by atoms with Crippen LogP contribution in [0.4, 0.5) is 5.69 Å². The number of benzene rings is 1. The van der Waals surface area contributed by atoms with Crippen molar-refractivity contribution in [2.45, 2.75) is 26.3 Å². The Kier molecular flexibility index (Phi) is 5.00. The number of nitrogens with zero attached hydrogens (tertiary/aromatic N) is 3. The van der Waals surface area contributed by atoms with Crippen LogP contribution in [0.25, 0.3) is 0 Å². The predicted molar refractivity (Wildman–Crippen MR) is 90.7 cm³/mol. The van der Waals surface area contributed by atoms with Gasteiger partial charge in [-0.3, -0.25) is 14.8 Å². The van der Waals surface area contributed by atoms with Crippen LogP contribution in [0.2, 0.25) is 0 Å². The average molecular weight is 383 g/mol. The van der Waals surface area contributed by atoms with Gasteiger partial charge in [0.1, 0.15) is 0 Å². The highest BCUT2D eigenvalue weighted by atomic mass is 79.9. The van der Waals surface area contributed by atoms with Gasteiger partial charge in [0.25, 0.3) is 5.91 Å². The zero-order chi connectivity index (χ0) is 17.4. The lowest BCUT2D eigenvalue weighted by molar-refractivity contribution is -0.342. The molecule has 2 N–H and O–H groups in total. The number of carbonyl (C=O) groups is 1. The zero-order valence-corrected chi connectivity index (χ0v) is 15.0. The van der Waals surface area contributed by atoms with Gasteiger partial charge < -0.3 is 5.41 Å². The minimum Gasteiger partial charge on any atom is -0.307 e. The van der Waals surface area contributed by atoms with E-state index in [4.69, 9.17) is 10.2 Å². The topological polar surface area (TPSA) is 89.2 Å². The molecule has 0 aliphatic carbocycles. The molecule has 1 heterocycles. The number of hydroxylamine groups is 2. The van der Waals surface area contributed by atoms with E-state index in [2.05, 4.69) is 21.0 Å². The van der Waals surface area contributed by atoms with Gasteiger partial charge in [-0.25, -0.2) is 0 Å². The normalized spacial score (nSPS) is 21.3. The van der Waals surface area contributed by atoms with Crippen LogP contribution in [0.15, 0.2) is 33.8 Å². The maximum Gasteiger partial charge on any atom is 0.284 e. The number of hydrogen-bond acceptors (Lipinski definition) is 6. The Hall–Kier alpha value is -1.61. The Morgan fingerprint density at radius 3 is 2.43 bits per heavy atom. The van der Waals surface area contributed by atoms with Gasteiger partial charge in [-0.05, 0) is 42.3 Å². The van der Waals surface area contributed by atoms with E-state index in [0.717, 1.165) is 4.47 Å². The molecule has 0 bridgehead atoms. The highest BCUT2D eigenvalue weighted by molar-refractivity contribution is 9.10. The van der Waals surface area contributed by atoms with Crippen LogP contribution in [0, 0.1) is 11.3 Å². The summed E-state index contributed by atoms with van der Waals surface area (Å²) in [5, 5.41) is 24.3. The molecule has 0 fully saturated rings. The third-order valence-electron chi connectivity index (χ3n) is 3.70. The van der Waals surface area contributed by atoms with Crippen LogP contribution in [0.1, 0.15) is 20.8 Å². The summed E-state index contributed by atoms with van der Waals surface area (Å²) >= 11 is 3.34. The summed E-state index contributed by atoms with van der Waals surface area (Å²) in [5.74, 6) is -0.732. The first kappa shape index (κ1) is 17.7. The molecule has 0 spiro atoms. The van der Waals surface area contributed by atoms with Crippen LogP contribution < -0.4 is 5.01 Å². The van der Waals surface area contributed by atoms with Gasteiger partial charge in [-0.1, -0.05) is 29.8 Å². The summed E-state index contributed by atoms with van der Waals surface area (Å²) in [6.07, 6.45) is 0. The van der Waals surface area contributed by atoms with Crippen molar-refractivity contribution in [1.82, 2.24) is 5.23 Å². The molecule has 0 radical (unpaired) electrons. The number of rotatable bonds is 5. The summed E-state index contributed by atoms with van der Waals surface area (Å²) < 4.78 is 0.871. The quantitative estimate of drug-likeness (QED) is 0.605. The molecule has 2 rings (SSSR count). The minimum atomic E-state index is -1.75. The second-order valence-corrected chi connectivity index (χ2v) is 6.44. The summed E-state index contributed by atoms with van der Waals surface area (Å²) in [7, 11) is 1.23. The molecule has 0 saturated heterocycles. The molecule has 1 unspecified atom stereocenters. The van der Waals surface area contributed by atoms with Crippen molar-refractivity contribution in [2.75, 3.05) is 12.1 Å². The van der Waals surface area contributed by atoms with Gasteiger partial charge in [-0.2, -0.15) is 10.1 Å². The third kappa shape index (κ3) is 2.72. The number of anilines is 1. The zero-order valence-electron chi connectivity index (χ0n) is 13.4. The van der Waals surface area contributed by atoms with E-state index in [1.165, 1.54) is 19.0 Å².